The van der Waals surface area contributed by atoms with Crippen molar-refractivity contribution in [3.05, 3.63) is 29.3 Å². The molecule has 1 aromatic rings. The zero-order valence-corrected chi connectivity index (χ0v) is 11.4. The molecule has 3 heteroatoms. The molecule has 1 unspecified atom stereocenters. The first-order chi connectivity index (χ1) is 9.31. The van der Waals surface area contributed by atoms with Gasteiger partial charge in [-0.1, -0.05) is 25.3 Å². The summed E-state index contributed by atoms with van der Waals surface area (Å²) >= 11 is 0. The molecule has 0 bridgehead atoms. The number of rotatable bonds is 2. The average Bonchev–Trinajstić information content (AvgIpc) is 2.48. The van der Waals surface area contributed by atoms with Crippen LogP contribution in [0.3, 0.4) is 0 Å². The van der Waals surface area contributed by atoms with Crippen LogP contribution >= 0.6 is 0 Å². The quantitative estimate of drug-likeness (QED) is 0.886. The van der Waals surface area contributed by atoms with E-state index in [0.717, 1.165) is 23.4 Å². The van der Waals surface area contributed by atoms with E-state index in [2.05, 4.69) is 5.32 Å². The summed E-state index contributed by atoms with van der Waals surface area (Å²) in [6.45, 7) is 0.761. The van der Waals surface area contributed by atoms with Crippen LogP contribution in [-0.2, 0) is 0 Å². The second-order valence-corrected chi connectivity index (χ2v) is 5.64. The fraction of sp³-hybridized carbons (Fsp3) is 0.562. The number of hydrogen-bond acceptors (Lipinski definition) is 2. The summed E-state index contributed by atoms with van der Waals surface area (Å²) < 4.78 is 5.50. The molecule has 1 saturated carbocycles. The second kappa shape index (κ2) is 5.24. The molecule has 3 rings (SSSR count). The van der Waals surface area contributed by atoms with Crippen molar-refractivity contribution in [3.8, 4) is 5.75 Å². The highest BCUT2D eigenvalue weighted by Crippen LogP contribution is 2.42. The van der Waals surface area contributed by atoms with Crippen LogP contribution in [0.2, 0.25) is 0 Å². The predicted molar refractivity (Wildman–Crippen MR) is 74.6 cm³/mol. The van der Waals surface area contributed by atoms with Gasteiger partial charge in [0.25, 0.3) is 5.91 Å². The summed E-state index contributed by atoms with van der Waals surface area (Å²) in [5.41, 5.74) is 1.95. The van der Waals surface area contributed by atoms with Gasteiger partial charge >= 0.3 is 0 Å². The lowest BCUT2D eigenvalue weighted by atomic mass is 9.74. The van der Waals surface area contributed by atoms with Crippen molar-refractivity contribution in [2.45, 2.75) is 38.0 Å². The number of fused-ring (bicyclic) bond motifs is 1. The van der Waals surface area contributed by atoms with Crippen molar-refractivity contribution in [2.24, 2.45) is 5.92 Å². The van der Waals surface area contributed by atoms with Gasteiger partial charge in [-0.15, -0.1) is 0 Å². The SMILES string of the molecule is COc1cccc2c1C(C1CCCCC1)CNC2=O. The van der Waals surface area contributed by atoms with Gasteiger partial charge in [0.15, 0.2) is 0 Å². The van der Waals surface area contributed by atoms with Crippen molar-refractivity contribution >= 4 is 5.91 Å². The van der Waals surface area contributed by atoms with Gasteiger partial charge in [-0.3, -0.25) is 4.79 Å². The van der Waals surface area contributed by atoms with Gasteiger partial charge in [0.05, 0.1) is 7.11 Å². The van der Waals surface area contributed by atoms with E-state index in [0.29, 0.717) is 11.8 Å². The number of carbonyl (C=O) groups excluding carboxylic acids is 1. The van der Waals surface area contributed by atoms with E-state index in [1.54, 1.807) is 7.11 Å². The van der Waals surface area contributed by atoms with Gasteiger partial charge in [0, 0.05) is 23.6 Å². The number of methoxy groups -OCH3 is 1. The Morgan fingerprint density at radius 1 is 1.21 bits per heavy atom. The second-order valence-electron chi connectivity index (χ2n) is 5.64. The first-order valence-corrected chi connectivity index (χ1v) is 7.26. The van der Waals surface area contributed by atoms with Crippen molar-refractivity contribution in [3.63, 3.8) is 0 Å². The van der Waals surface area contributed by atoms with E-state index in [1.807, 2.05) is 18.2 Å². The first-order valence-electron chi connectivity index (χ1n) is 7.26. The normalized spacial score (nSPS) is 23.6. The Morgan fingerprint density at radius 3 is 2.74 bits per heavy atom. The molecule has 0 aromatic heterocycles. The van der Waals surface area contributed by atoms with Gasteiger partial charge in [-0.25, -0.2) is 0 Å². The molecule has 3 nitrogen and oxygen atoms in total. The highest BCUT2D eigenvalue weighted by Gasteiger charge is 2.34. The Kier molecular flexibility index (Phi) is 3.45. The number of ether oxygens (including phenoxy) is 1. The van der Waals surface area contributed by atoms with Gasteiger partial charge < -0.3 is 10.1 Å². The third kappa shape index (κ3) is 2.22. The maximum absolute atomic E-state index is 12.0. The van der Waals surface area contributed by atoms with Crippen molar-refractivity contribution in [1.82, 2.24) is 5.32 Å². The largest absolute Gasteiger partial charge is 0.496 e. The molecule has 1 atom stereocenters. The van der Waals surface area contributed by atoms with E-state index in [9.17, 15) is 4.79 Å². The molecule has 0 spiro atoms. The summed E-state index contributed by atoms with van der Waals surface area (Å²) in [4.78, 5) is 12.0. The molecule has 1 N–H and O–H groups in total. The summed E-state index contributed by atoms with van der Waals surface area (Å²) in [6.07, 6.45) is 6.55. The number of amides is 1. The monoisotopic (exact) mass is 259 g/mol. The van der Waals surface area contributed by atoms with Crippen LogP contribution in [0, 0.1) is 5.92 Å². The average molecular weight is 259 g/mol. The molecular formula is C16H21NO2. The lowest BCUT2D eigenvalue weighted by Gasteiger charge is -2.35. The molecule has 0 saturated heterocycles. The molecule has 1 aliphatic heterocycles. The fourth-order valence-corrected chi connectivity index (χ4v) is 3.64. The Balaban J connectivity index is 2.00. The van der Waals surface area contributed by atoms with Crippen LogP contribution in [0.1, 0.15) is 53.9 Å². The number of benzene rings is 1. The minimum Gasteiger partial charge on any atom is -0.496 e. The molecule has 1 amide bonds. The topological polar surface area (TPSA) is 38.3 Å². The molecule has 102 valence electrons. The van der Waals surface area contributed by atoms with E-state index < -0.39 is 0 Å². The van der Waals surface area contributed by atoms with Crippen LogP contribution in [0.5, 0.6) is 5.75 Å². The lowest BCUT2D eigenvalue weighted by Crippen LogP contribution is -2.38. The van der Waals surface area contributed by atoms with E-state index in [4.69, 9.17) is 4.74 Å². The maximum Gasteiger partial charge on any atom is 0.251 e. The van der Waals surface area contributed by atoms with Crippen molar-refractivity contribution in [2.75, 3.05) is 13.7 Å². The highest BCUT2D eigenvalue weighted by atomic mass is 16.5. The Hall–Kier alpha value is -1.51. The van der Waals surface area contributed by atoms with Gasteiger partial charge in [0.2, 0.25) is 0 Å². The maximum atomic E-state index is 12.0. The predicted octanol–water partition coefficient (Wildman–Crippen LogP) is 3.10. The minimum absolute atomic E-state index is 0.0426. The molecule has 0 radical (unpaired) electrons. The molecule has 1 heterocycles. The zero-order valence-electron chi connectivity index (χ0n) is 11.4. The lowest BCUT2D eigenvalue weighted by molar-refractivity contribution is 0.0929. The van der Waals surface area contributed by atoms with Crippen molar-refractivity contribution < 1.29 is 9.53 Å². The molecule has 1 fully saturated rings. The molecule has 1 aliphatic carbocycles. The van der Waals surface area contributed by atoms with E-state index in [1.165, 1.54) is 32.1 Å². The molecular weight excluding hydrogens is 238 g/mol. The molecule has 1 aromatic carbocycles. The standard InChI is InChI=1S/C16H21NO2/c1-19-14-9-5-8-12-15(14)13(10-17-16(12)18)11-6-3-2-4-7-11/h5,8-9,11,13H,2-4,6-7,10H2,1H3,(H,17,18). The number of carbonyl (C=O) groups is 1. The Morgan fingerprint density at radius 2 is 2.00 bits per heavy atom. The summed E-state index contributed by atoms with van der Waals surface area (Å²) in [5.74, 6) is 2.03. The van der Waals surface area contributed by atoms with Gasteiger partial charge in [0.1, 0.15) is 5.75 Å². The van der Waals surface area contributed by atoms with E-state index in [-0.39, 0.29) is 5.91 Å². The number of hydrogen-bond donors (Lipinski definition) is 1. The fourth-order valence-electron chi connectivity index (χ4n) is 3.64. The number of nitrogens with one attached hydrogen (secondary N) is 1. The van der Waals surface area contributed by atoms with Crippen LogP contribution < -0.4 is 10.1 Å². The van der Waals surface area contributed by atoms with Gasteiger partial charge in [-0.2, -0.15) is 0 Å². The Labute approximate surface area is 114 Å². The van der Waals surface area contributed by atoms with Crippen LogP contribution in [-0.4, -0.2) is 19.6 Å². The third-order valence-electron chi connectivity index (χ3n) is 4.60. The van der Waals surface area contributed by atoms with Crippen LogP contribution in [0.25, 0.3) is 0 Å². The van der Waals surface area contributed by atoms with Crippen molar-refractivity contribution in [1.29, 1.82) is 0 Å². The highest BCUT2D eigenvalue weighted by molar-refractivity contribution is 5.97. The van der Waals surface area contributed by atoms with Crippen LogP contribution in [0.4, 0.5) is 0 Å². The summed E-state index contributed by atoms with van der Waals surface area (Å²) in [5, 5.41) is 3.04. The van der Waals surface area contributed by atoms with E-state index >= 15 is 0 Å². The Bertz CT molecular complexity index is 478. The first kappa shape index (κ1) is 12.5. The summed E-state index contributed by atoms with van der Waals surface area (Å²) in [7, 11) is 1.69. The minimum atomic E-state index is 0.0426. The molecule has 2 aliphatic rings. The van der Waals surface area contributed by atoms with Gasteiger partial charge in [-0.05, 0) is 30.9 Å². The van der Waals surface area contributed by atoms with Crippen LogP contribution in [0.15, 0.2) is 18.2 Å². The summed E-state index contributed by atoms with van der Waals surface area (Å²) in [6, 6.07) is 5.80. The third-order valence-corrected chi connectivity index (χ3v) is 4.60. The zero-order chi connectivity index (χ0) is 13.2. The molecule has 19 heavy (non-hydrogen) atoms. The smallest absolute Gasteiger partial charge is 0.251 e.